The first-order chi connectivity index (χ1) is 17.6. The molecule has 3 aromatic carbocycles. The smallest absolute Gasteiger partial charge is 0.261 e. The van der Waals surface area contributed by atoms with Crippen LogP contribution in [-0.2, 0) is 22.6 Å². The standard InChI is InChI=1S/C32H40N2O3/c1-22(2)19-33-32(36)29(18-27-10-8-7-9-11-27)34(20-28-14-12-23(3)13-15-28)31(35)21-37-30-17-24(4)16-25(5)26(30)6/h7-17,22,29H,18-21H2,1-6H3,(H,33,36)/t29-/m1/s1. The molecule has 0 saturated carbocycles. The highest BCUT2D eigenvalue weighted by molar-refractivity contribution is 5.88. The van der Waals surface area contributed by atoms with Gasteiger partial charge in [0.05, 0.1) is 0 Å². The van der Waals surface area contributed by atoms with Crippen molar-refractivity contribution < 1.29 is 14.3 Å². The Morgan fingerprint density at radius 3 is 2.19 bits per heavy atom. The molecule has 0 fully saturated rings. The fraction of sp³-hybridized carbons (Fsp3) is 0.375. The molecule has 1 atom stereocenters. The fourth-order valence-electron chi connectivity index (χ4n) is 4.24. The lowest BCUT2D eigenvalue weighted by Crippen LogP contribution is -2.52. The van der Waals surface area contributed by atoms with E-state index in [4.69, 9.17) is 4.74 Å². The zero-order valence-electron chi connectivity index (χ0n) is 23.0. The second-order valence-corrected chi connectivity index (χ2v) is 10.3. The van der Waals surface area contributed by atoms with E-state index in [1.54, 1.807) is 4.90 Å². The van der Waals surface area contributed by atoms with Crippen molar-refractivity contribution in [2.45, 2.75) is 60.5 Å². The van der Waals surface area contributed by atoms with Gasteiger partial charge in [0.2, 0.25) is 5.91 Å². The van der Waals surface area contributed by atoms with E-state index < -0.39 is 6.04 Å². The van der Waals surface area contributed by atoms with Crippen LogP contribution in [0.4, 0.5) is 0 Å². The van der Waals surface area contributed by atoms with Crippen LogP contribution in [0, 0.1) is 33.6 Å². The zero-order valence-corrected chi connectivity index (χ0v) is 23.0. The van der Waals surface area contributed by atoms with Crippen LogP contribution in [0.15, 0.2) is 66.7 Å². The molecular weight excluding hydrogens is 460 g/mol. The molecule has 0 saturated heterocycles. The number of carbonyl (C=O) groups is 2. The highest BCUT2D eigenvalue weighted by Crippen LogP contribution is 2.24. The molecule has 0 unspecified atom stereocenters. The van der Waals surface area contributed by atoms with E-state index in [2.05, 4.69) is 25.2 Å². The molecule has 0 aliphatic carbocycles. The molecule has 0 radical (unpaired) electrons. The number of aryl methyl sites for hydroxylation is 3. The number of amides is 2. The summed E-state index contributed by atoms with van der Waals surface area (Å²) in [4.78, 5) is 29.0. The van der Waals surface area contributed by atoms with Crippen LogP contribution < -0.4 is 10.1 Å². The Labute approximate surface area is 221 Å². The summed E-state index contributed by atoms with van der Waals surface area (Å²) in [5, 5.41) is 3.06. The molecule has 2 amide bonds. The predicted octanol–water partition coefficient (Wildman–Crippen LogP) is 5.71. The molecule has 37 heavy (non-hydrogen) atoms. The number of rotatable bonds is 11. The molecule has 3 rings (SSSR count). The van der Waals surface area contributed by atoms with Gasteiger partial charge in [-0.2, -0.15) is 0 Å². The molecule has 0 spiro atoms. The molecule has 5 nitrogen and oxygen atoms in total. The molecular formula is C32H40N2O3. The van der Waals surface area contributed by atoms with Gasteiger partial charge in [-0.05, 0) is 67.5 Å². The third-order valence-corrected chi connectivity index (χ3v) is 6.54. The topological polar surface area (TPSA) is 58.6 Å². The number of benzene rings is 3. The van der Waals surface area contributed by atoms with Gasteiger partial charge in [0.1, 0.15) is 11.8 Å². The van der Waals surface area contributed by atoms with Crippen molar-refractivity contribution in [2.24, 2.45) is 5.92 Å². The van der Waals surface area contributed by atoms with Crippen molar-refractivity contribution in [3.05, 3.63) is 100 Å². The molecule has 0 aromatic heterocycles. The van der Waals surface area contributed by atoms with Crippen molar-refractivity contribution in [2.75, 3.05) is 13.2 Å². The molecule has 1 N–H and O–H groups in total. The first-order valence-corrected chi connectivity index (χ1v) is 13.0. The molecule has 0 aliphatic heterocycles. The Kier molecular flexibility index (Phi) is 9.90. The van der Waals surface area contributed by atoms with Crippen molar-refractivity contribution in [1.82, 2.24) is 10.2 Å². The quantitative estimate of drug-likeness (QED) is 0.367. The number of hydrogen-bond donors (Lipinski definition) is 1. The Balaban J connectivity index is 1.92. The van der Waals surface area contributed by atoms with Gasteiger partial charge >= 0.3 is 0 Å². The van der Waals surface area contributed by atoms with E-state index in [0.29, 0.717) is 31.2 Å². The minimum Gasteiger partial charge on any atom is -0.483 e. The summed E-state index contributed by atoms with van der Waals surface area (Å²) >= 11 is 0. The van der Waals surface area contributed by atoms with Crippen LogP contribution >= 0.6 is 0 Å². The van der Waals surface area contributed by atoms with Gasteiger partial charge in [0.25, 0.3) is 5.91 Å². The SMILES string of the molecule is Cc1ccc(CN(C(=O)COc2cc(C)cc(C)c2C)[C@H](Cc2ccccc2)C(=O)NCC(C)C)cc1. The fourth-order valence-corrected chi connectivity index (χ4v) is 4.24. The minimum atomic E-state index is -0.668. The maximum absolute atomic E-state index is 13.8. The Morgan fingerprint density at radius 1 is 0.865 bits per heavy atom. The third kappa shape index (κ3) is 8.21. The lowest BCUT2D eigenvalue weighted by Gasteiger charge is -2.32. The van der Waals surface area contributed by atoms with E-state index in [-0.39, 0.29) is 18.4 Å². The van der Waals surface area contributed by atoms with Gasteiger partial charge in [0, 0.05) is 19.5 Å². The summed E-state index contributed by atoms with van der Waals surface area (Å²) in [6, 6.07) is 21.3. The van der Waals surface area contributed by atoms with E-state index >= 15 is 0 Å². The summed E-state index contributed by atoms with van der Waals surface area (Å²) in [6.45, 7) is 12.9. The predicted molar refractivity (Wildman–Crippen MR) is 150 cm³/mol. The number of nitrogens with one attached hydrogen (secondary N) is 1. The Hall–Kier alpha value is -3.60. The summed E-state index contributed by atoms with van der Waals surface area (Å²) in [7, 11) is 0. The highest BCUT2D eigenvalue weighted by atomic mass is 16.5. The minimum absolute atomic E-state index is 0.141. The van der Waals surface area contributed by atoms with Crippen LogP contribution in [-0.4, -0.2) is 35.9 Å². The highest BCUT2D eigenvalue weighted by Gasteiger charge is 2.31. The van der Waals surface area contributed by atoms with Crippen LogP contribution in [0.25, 0.3) is 0 Å². The van der Waals surface area contributed by atoms with E-state index in [0.717, 1.165) is 33.4 Å². The van der Waals surface area contributed by atoms with E-state index in [9.17, 15) is 9.59 Å². The van der Waals surface area contributed by atoms with Crippen LogP contribution in [0.5, 0.6) is 5.75 Å². The van der Waals surface area contributed by atoms with Gasteiger partial charge in [-0.25, -0.2) is 0 Å². The Morgan fingerprint density at radius 2 is 1.54 bits per heavy atom. The van der Waals surface area contributed by atoms with Crippen molar-refractivity contribution in [3.63, 3.8) is 0 Å². The number of nitrogens with zero attached hydrogens (tertiary/aromatic N) is 1. The van der Waals surface area contributed by atoms with E-state index in [1.807, 2.05) is 88.4 Å². The van der Waals surface area contributed by atoms with Crippen molar-refractivity contribution >= 4 is 11.8 Å². The van der Waals surface area contributed by atoms with Crippen molar-refractivity contribution in [3.8, 4) is 5.75 Å². The van der Waals surface area contributed by atoms with Gasteiger partial charge in [-0.1, -0.05) is 80.1 Å². The van der Waals surface area contributed by atoms with Crippen LogP contribution in [0.1, 0.15) is 47.2 Å². The molecule has 196 valence electrons. The summed E-state index contributed by atoms with van der Waals surface area (Å²) in [5.74, 6) is 0.629. The second-order valence-electron chi connectivity index (χ2n) is 10.3. The molecule has 5 heteroatoms. The molecule has 0 bridgehead atoms. The van der Waals surface area contributed by atoms with E-state index in [1.165, 1.54) is 0 Å². The monoisotopic (exact) mass is 500 g/mol. The van der Waals surface area contributed by atoms with Gasteiger partial charge in [-0.15, -0.1) is 0 Å². The van der Waals surface area contributed by atoms with Gasteiger partial charge in [0.15, 0.2) is 6.61 Å². The maximum Gasteiger partial charge on any atom is 0.261 e. The van der Waals surface area contributed by atoms with Gasteiger partial charge < -0.3 is 15.0 Å². The van der Waals surface area contributed by atoms with Gasteiger partial charge in [-0.3, -0.25) is 9.59 Å². The lowest BCUT2D eigenvalue weighted by atomic mass is 10.0. The average Bonchev–Trinajstić information content (AvgIpc) is 2.87. The second kappa shape index (κ2) is 13.1. The van der Waals surface area contributed by atoms with Crippen LogP contribution in [0.3, 0.4) is 0 Å². The first kappa shape index (κ1) is 28.0. The first-order valence-electron chi connectivity index (χ1n) is 13.0. The molecule has 0 aliphatic rings. The van der Waals surface area contributed by atoms with Crippen LogP contribution in [0.2, 0.25) is 0 Å². The summed E-state index contributed by atoms with van der Waals surface area (Å²) in [6.07, 6.45) is 0.422. The lowest BCUT2D eigenvalue weighted by molar-refractivity contribution is -0.142. The third-order valence-electron chi connectivity index (χ3n) is 6.54. The maximum atomic E-state index is 13.8. The largest absolute Gasteiger partial charge is 0.483 e. The summed E-state index contributed by atoms with van der Waals surface area (Å²) in [5.41, 5.74) is 6.33. The number of ether oxygens (including phenoxy) is 1. The molecule has 0 heterocycles. The zero-order chi connectivity index (χ0) is 26.9. The molecule has 3 aromatic rings. The average molecular weight is 501 g/mol. The Bertz CT molecular complexity index is 1190. The normalized spacial score (nSPS) is 11.8. The summed E-state index contributed by atoms with van der Waals surface area (Å²) < 4.78 is 6.05. The number of hydrogen-bond acceptors (Lipinski definition) is 3. The van der Waals surface area contributed by atoms with Crippen molar-refractivity contribution in [1.29, 1.82) is 0 Å². The number of carbonyl (C=O) groups excluding carboxylic acids is 2.